The number of anilines is 2. The number of imide groups is 1. The summed E-state index contributed by atoms with van der Waals surface area (Å²) in [5.74, 6) is -0.447. The summed E-state index contributed by atoms with van der Waals surface area (Å²) < 4.78 is 0. The third kappa shape index (κ3) is 3.22. The number of aryl methyl sites for hydroxylation is 1. The number of hydrogen-bond acceptors (Lipinski definition) is 3. The minimum atomic E-state index is -0.536. The molecule has 3 rings (SSSR count). The molecule has 1 unspecified atom stereocenters. The number of nitrogens with one attached hydrogen (secondary N) is 1. The number of carbonyl (C=O) groups is 2. The number of carbonyl (C=O) groups excluding carboxylic acids is 2. The fourth-order valence-electron chi connectivity index (χ4n) is 2.64. The van der Waals surface area contributed by atoms with Gasteiger partial charge in [0.15, 0.2) is 0 Å². The van der Waals surface area contributed by atoms with E-state index >= 15 is 0 Å². The Hall–Kier alpha value is -2.33. The van der Waals surface area contributed by atoms with E-state index in [-0.39, 0.29) is 18.2 Å². The largest absolute Gasteiger partial charge is 0.373 e. The van der Waals surface area contributed by atoms with E-state index in [9.17, 15) is 9.59 Å². The normalized spacial score (nSPS) is 17.7. The lowest BCUT2D eigenvalue weighted by Crippen LogP contribution is -2.34. The van der Waals surface area contributed by atoms with Gasteiger partial charge in [0, 0.05) is 10.7 Å². The SMILES string of the molecule is CCc1ccc(NC2CC(=O)N(c3ccc(Cl)cc3)C2=O)cc1. The van der Waals surface area contributed by atoms with Crippen molar-refractivity contribution < 1.29 is 9.59 Å². The minimum absolute atomic E-state index is 0.150. The second-order valence-electron chi connectivity index (χ2n) is 5.50. The summed E-state index contributed by atoms with van der Waals surface area (Å²) in [7, 11) is 0. The van der Waals surface area contributed by atoms with Crippen molar-refractivity contribution in [3.05, 3.63) is 59.1 Å². The molecule has 23 heavy (non-hydrogen) atoms. The molecular weight excluding hydrogens is 312 g/mol. The van der Waals surface area contributed by atoms with Crippen LogP contribution in [0.1, 0.15) is 18.9 Å². The van der Waals surface area contributed by atoms with Crippen LogP contribution in [0.5, 0.6) is 0 Å². The molecule has 1 heterocycles. The van der Waals surface area contributed by atoms with Crippen molar-refractivity contribution in [2.24, 2.45) is 0 Å². The molecule has 1 saturated heterocycles. The Morgan fingerprint density at radius 1 is 1.09 bits per heavy atom. The second kappa shape index (κ2) is 6.42. The van der Waals surface area contributed by atoms with Crippen molar-refractivity contribution in [3.63, 3.8) is 0 Å². The van der Waals surface area contributed by atoms with Crippen molar-refractivity contribution >= 4 is 34.8 Å². The van der Waals surface area contributed by atoms with Crippen molar-refractivity contribution in [3.8, 4) is 0 Å². The van der Waals surface area contributed by atoms with E-state index in [4.69, 9.17) is 11.6 Å². The first kappa shape index (κ1) is 15.6. The van der Waals surface area contributed by atoms with Gasteiger partial charge in [0.05, 0.1) is 12.1 Å². The fraction of sp³-hybridized carbons (Fsp3) is 0.222. The number of halogens is 1. The topological polar surface area (TPSA) is 49.4 Å². The van der Waals surface area contributed by atoms with Gasteiger partial charge < -0.3 is 5.32 Å². The molecule has 5 heteroatoms. The summed E-state index contributed by atoms with van der Waals surface area (Å²) in [4.78, 5) is 26.0. The standard InChI is InChI=1S/C18H17ClN2O2/c1-2-12-3-7-14(8-4-12)20-16-11-17(22)21(18(16)23)15-9-5-13(19)6-10-15/h3-10,16,20H,2,11H2,1H3. The molecule has 1 aliphatic heterocycles. The molecule has 1 fully saturated rings. The molecule has 1 N–H and O–H groups in total. The van der Waals surface area contributed by atoms with Crippen LogP contribution in [-0.2, 0) is 16.0 Å². The molecular formula is C18H17ClN2O2. The number of hydrogen-bond donors (Lipinski definition) is 1. The van der Waals surface area contributed by atoms with Gasteiger partial charge in [-0.15, -0.1) is 0 Å². The fourth-order valence-corrected chi connectivity index (χ4v) is 2.77. The zero-order valence-corrected chi connectivity index (χ0v) is 13.5. The Kier molecular flexibility index (Phi) is 4.35. The van der Waals surface area contributed by atoms with Gasteiger partial charge in [0.2, 0.25) is 5.91 Å². The predicted molar refractivity (Wildman–Crippen MR) is 91.8 cm³/mol. The highest BCUT2D eigenvalue weighted by Gasteiger charge is 2.39. The zero-order valence-electron chi connectivity index (χ0n) is 12.8. The number of benzene rings is 2. The lowest BCUT2D eigenvalue weighted by atomic mass is 10.1. The van der Waals surface area contributed by atoms with Gasteiger partial charge in [-0.1, -0.05) is 30.7 Å². The molecule has 2 aromatic carbocycles. The number of nitrogens with zero attached hydrogens (tertiary/aromatic N) is 1. The summed E-state index contributed by atoms with van der Waals surface area (Å²) >= 11 is 5.85. The van der Waals surface area contributed by atoms with Crippen LogP contribution in [0.4, 0.5) is 11.4 Å². The molecule has 0 saturated carbocycles. The van der Waals surface area contributed by atoms with Crippen LogP contribution in [0.25, 0.3) is 0 Å². The lowest BCUT2D eigenvalue weighted by molar-refractivity contribution is -0.121. The van der Waals surface area contributed by atoms with Crippen LogP contribution in [0.2, 0.25) is 5.02 Å². The maximum absolute atomic E-state index is 12.5. The molecule has 0 radical (unpaired) electrons. The number of rotatable bonds is 4. The van der Waals surface area contributed by atoms with E-state index in [1.807, 2.05) is 24.3 Å². The average molecular weight is 329 g/mol. The van der Waals surface area contributed by atoms with E-state index in [0.717, 1.165) is 12.1 Å². The summed E-state index contributed by atoms with van der Waals surface area (Å²) in [5.41, 5.74) is 2.62. The Labute approximate surface area is 140 Å². The summed E-state index contributed by atoms with van der Waals surface area (Å²) in [6, 6.07) is 14.0. The van der Waals surface area contributed by atoms with Gasteiger partial charge in [-0.05, 0) is 48.4 Å². The summed E-state index contributed by atoms with van der Waals surface area (Å²) in [6.45, 7) is 2.09. The van der Waals surface area contributed by atoms with E-state index in [0.29, 0.717) is 10.7 Å². The van der Waals surface area contributed by atoms with Crippen molar-refractivity contribution in [2.45, 2.75) is 25.8 Å². The van der Waals surface area contributed by atoms with Gasteiger partial charge in [0.1, 0.15) is 6.04 Å². The first-order chi connectivity index (χ1) is 11.1. The van der Waals surface area contributed by atoms with Crippen LogP contribution in [0, 0.1) is 0 Å². The molecule has 1 aliphatic rings. The third-order valence-corrected chi connectivity index (χ3v) is 4.19. The van der Waals surface area contributed by atoms with Crippen molar-refractivity contribution in [2.75, 3.05) is 10.2 Å². The van der Waals surface area contributed by atoms with E-state index in [2.05, 4.69) is 12.2 Å². The monoisotopic (exact) mass is 328 g/mol. The molecule has 0 spiro atoms. The van der Waals surface area contributed by atoms with Crippen LogP contribution < -0.4 is 10.2 Å². The third-order valence-electron chi connectivity index (χ3n) is 3.93. The van der Waals surface area contributed by atoms with Gasteiger partial charge >= 0.3 is 0 Å². The molecule has 2 aromatic rings. The van der Waals surface area contributed by atoms with E-state index in [1.54, 1.807) is 24.3 Å². The quantitative estimate of drug-likeness (QED) is 0.872. The van der Waals surface area contributed by atoms with E-state index < -0.39 is 6.04 Å². The zero-order chi connectivity index (χ0) is 16.4. The summed E-state index contributed by atoms with van der Waals surface area (Å²) in [6.07, 6.45) is 1.11. The highest BCUT2D eigenvalue weighted by Crippen LogP contribution is 2.26. The molecule has 0 aromatic heterocycles. The molecule has 0 aliphatic carbocycles. The van der Waals surface area contributed by atoms with Crippen molar-refractivity contribution in [1.29, 1.82) is 0 Å². The molecule has 2 amide bonds. The minimum Gasteiger partial charge on any atom is -0.373 e. The van der Waals surface area contributed by atoms with Crippen LogP contribution in [-0.4, -0.2) is 17.9 Å². The average Bonchev–Trinajstić information content (AvgIpc) is 2.83. The molecule has 0 bridgehead atoms. The smallest absolute Gasteiger partial charge is 0.256 e. The Bertz CT molecular complexity index is 726. The van der Waals surface area contributed by atoms with Gasteiger partial charge in [-0.2, -0.15) is 0 Å². The Morgan fingerprint density at radius 2 is 1.74 bits per heavy atom. The van der Waals surface area contributed by atoms with Crippen LogP contribution in [0.15, 0.2) is 48.5 Å². The maximum Gasteiger partial charge on any atom is 0.256 e. The second-order valence-corrected chi connectivity index (χ2v) is 5.93. The summed E-state index contributed by atoms with van der Waals surface area (Å²) in [5, 5.41) is 3.71. The lowest BCUT2D eigenvalue weighted by Gasteiger charge is -2.16. The Balaban J connectivity index is 1.76. The molecule has 118 valence electrons. The van der Waals surface area contributed by atoms with Gasteiger partial charge in [0.25, 0.3) is 5.91 Å². The van der Waals surface area contributed by atoms with Crippen molar-refractivity contribution in [1.82, 2.24) is 0 Å². The first-order valence-electron chi connectivity index (χ1n) is 7.56. The highest BCUT2D eigenvalue weighted by atomic mass is 35.5. The van der Waals surface area contributed by atoms with Crippen LogP contribution >= 0.6 is 11.6 Å². The number of amides is 2. The Morgan fingerprint density at radius 3 is 2.35 bits per heavy atom. The molecule has 1 atom stereocenters. The van der Waals surface area contributed by atoms with Gasteiger partial charge in [-0.25, -0.2) is 4.90 Å². The van der Waals surface area contributed by atoms with E-state index in [1.165, 1.54) is 10.5 Å². The first-order valence-corrected chi connectivity index (χ1v) is 7.94. The maximum atomic E-state index is 12.5. The molecule has 4 nitrogen and oxygen atoms in total. The highest BCUT2D eigenvalue weighted by molar-refractivity contribution is 6.30. The predicted octanol–water partition coefficient (Wildman–Crippen LogP) is 3.65. The van der Waals surface area contributed by atoms with Crippen LogP contribution in [0.3, 0.4) is 0 Å². The van der Waals surface area contributed by atoms with Gasteiger partial charge in [-0.3, -0.25) is 9.59 Å².